The summed E-state index contributed by atoms with van der Waals surface area (Å²) in [6.45, 7) is 4.73. The SMILES string of the molecule is CCNCc1sc2cccc(F)c2c1CN(C)C1CCC1. The van der Waals surface area contributed by atoms with Gasteiger partial charge in [-0.1, -0.05) is 19.4 Å². The summed E-state index contributed by atoms with van der Waals surface area (Å²) in [5, 5.41) is 4.22. The fraction of sp³-hybridized carbons (Fsp3) is 0.529. The van der Waals surface area contributed by atoms with Crippen LogP contribution in [0, 0.1) is 5.82 Å². The maximum atomic E-state index is 14.3. The lowest BCUT2D eigenvalue weighted by Crippen LogP contribution is -2.36. The highest BCUT2D eigenvalue weighted by molar-refractivity contribution is 7.19. The zero-order chi connectivity index (χ0) is 14.8. The van der Waals surface area contributed by atoms with Gasteiger partial charge in [-0.05, 0) is 44.1 Å². The van der Waals surface area contributed by atoms with Gasteiger partial charge in [0.25, 0.3) is 0 Å². The Kier molecular flexibility index (Phi) is 4.57. The Bertz CT molecular complexity index is 619. The summed E-state index contributed by atoms with van der Waals surface area (Å²) in [7, 11) is 2.17. The molecule has 0 amide bonds. The fourth-order valence-electron chi connectivity index (χ4n) is 2.97. The third-order valence-corrected chi connectivity index (χ3v) is 5.69. The Balaban J connectivity index is 1.95. The molecule has 0 unspecified atom stereocenters. The molecular formula is C17H23FN2S. The van der Waals surface area contributed by atoms with Crippen molar-refractivity contribution in [1.29, 1.82) is 0 Å². The van der Waals surface area contributed by atoms with Crippen LogP contribution in [0.3, 0.4) is 0 Å². The summed E-state index contributed by atoms with van der Waals surface area (Å²) < 4.78 is 15.4. The lowest BCUT2D eigenvalue weighted by molar-refractivity contribution is 0.153. The average Bonchev–Trinajstić information content (AvgIpc) is 2.73. The zero-order valence-corrected chi connectivity index (χ0v) is 13.6. The van der Waals surface area contributed by atoms with Crippen molar-refractivity contribution < 1.29 is 4.39 Å². The molecule has 0 aliphatic heterocycles. The number of rotatable bonds is 6. The van der Waals surface area contributed by atoms with Crippen LogP contribution in [0.5, 0.6) is 0 Å². The number of thiophene rings is 1. The number of nitrogens with zero attached hydrogens (tertiary/aromatic N) is 1. The van der Waals surface area contributed by atoms with Crippen molar-refractivity contribution in [2.75, 3.05) is 13.6 Å². The molecule has 2 nitrogen and oxygen atoms in total. The summed E-state index contributed by atoms with van der Waals surface area (Å²) >= 11 is 1.73. The maximum absolute atomic E-state index is 14.3. The molecule has 0 bridgehead atoms. The number of hydrogen-bond acceptors (Lipinski definition) is 3. The number of halogens is 1. The minimum atomic E-state index is -0.0801. The van der Waals surface area contributed by atoms with Crippen molar-refractivity contribution in [3.8, 4) is 0 Å². The van der Waals surface area contributed by atoms with Gasteiger partial charge in [0.1, 0.15) is 5.82 Å². The molecule has 114 valence electrons. The van der Waals surface area contributed by atoms with Gasteiger partial charge in [-0.3, -0.25) is 4.90 Å². The lowest BCUT2D eigenvalue weighted by atomic mass is 9.91. The maximum Gasteiger partial charge on any atom is 0.132 e. The van der Waals surface area contributed by atoms with Crippen molar-refractivity contribution in [3.05, 3.63) is 34.5 Å². The van der Waals surface area contributed by atoms with Crippen LogP contribution >= 0.6 is 11.3 Å². The fourth-order valence-corrected chi connectivity index (χ4v) is 4.17. The van der Waals surface area contributed by atoms with Gasteiger partial charge in [0, 0.05) is 34.1 Å². The Labute approximate surface area is 130 Å². The number of benzene rings is 1. The van der Waals surface area contributed by atoms with Crippen molar-refractivity contribution in [3.63, 3.8) is 0 Å². The highest BCUT2D eigenvalue weighted by Gasteiger charge is 2.24. The van der Waals surface area contributed by atoms with Crippen LogP contribution in [0.15, 0.2) is 18.2 Å². The van der Waals surface area contributed by atoms with E-state index in [0.717, 1.165) is 29.7 Å². The van der Waals surface area contributed by atoms with Gasteiger partial charge in [-0.25, -0.2) is 4.39 Å². The molecule has 0 saturated heterocycles. The Morgan fingerprint density at radius 2 is 2.19 bits per heavy atom. The van der Waals surface area contributed by atoms with E-state index in [4.69, 9.17) is 0 Å². The largest absolute Gasteiger partial charge is 0.312 e. The highest BCUT2D eigenvalue weighted by Crippen LogP contribution is 2.35. The number of nitrogens with one attached hydrogen (secondary N) is 1. The standard InChI is InChI=1S/C17H23FN2S/c1-3-19-10-16-13(11-20(2)12-6-4-7-12)17-14(18)8-5-9-15(17)21-16/h5,8-9,12,19H,3-4,6-7,10-11H2,1-2H3. The Morgan fingerprint density at radius 3 is 2.86 bits per heavy atom. The van der Waals surface area contributed by atoms with Crippen LogP contribution < -0.4 is 5.32 Å². The summed E-state index contributed by atoms with van der Waals surface area (Å²) in [4.78, 5) is 3.68. The first-order valence-electron chi connectivity index (χ1n) is 7.80. The first-order chi connectivity index (χ1) is 10.2. The topological polar surface area (TPSA) is 15.3 Å². The quantitative estimate of drug-likeness (QED) is 0.863. The second-order valence-corrected chi connectivity index (χ2v) is 7.03. The first kappa shape index (κ1) is 14.9. The Hall–Kier alpha value is -0.970. The van der Waals surface area contributed by atoms with E-state index in [2.05, 4.69) is 24.2 Å². The third-order valence-electron chi connectivity index (χ3n) is 4.49. The van der Waals surface area contributed by atoms with Gasteiger partial charge in [-0.15, -0.1) is 11.3 Å². The molecule has 1 aromatic heterocycles. The number of fused-ring (bicyclic) bond motifs is 1. The smallest absolute Gasteiger partial charge is 0.132 e. The van der Waals surface area contributed by atoms with E-state index in [1.807, 2.05) is 12.1 Å². The summed E-state index contributed by atoms with van der Waals surface area (Å²) in [5.41, 5.74) is 1.18. The third kappa shape index (κ3) is 2.98. The van der Waals surface area contributed by atoms with Crippen LogP contribution in [0.2, 0.25) is 0 Å². The van der Waals surface area contributed by atoms with Crippen LogP contribution in [0.1, 0.15) is 36.6 Å². The molecule has 2 aromatic rings. The van der Waals surface area contributed by atoms with Crippen LogP contribution in [0.25, 0.3) is 10.1 Å². The van der Waals surface area contributed by atoms with Gasteiger partial charge in [-0.2, -0.15) is 0 Å². The van der Waals surface area contributed by atoms with Gasteiger partial charge in [0.2, 0.25) is 0 Å². The monoisotopic (exact) mass is 306 g/mol. The minimum absolute atomic E-state index is 0.0801. The van der Waals surface area contributed by atoms with Crippen LogP contribution in [0.4, 0.5) is 4.39 Å². The van der Waals surface area contributed by atoms with Crippen LogP contribution in [-0.4, -0.2) is 24.5 Å². The first-order valence-corrected chi connectivity index (χ1v) is 8.62. The number of hydrogen-bond donors (Lipinski definition) is 1. The van der Waals surface area contributed by atoms with Crippen molar-refractivity contribution >= 4 is 21.4 Å². The van der Waals surface area contributed by atoms with E-state index in [0.29, 0.717) is 6.04 Å². The highest BCUT2D eigenvalue weighted by atomic mass is 32.1. The lowest BCUT2D eigenvalue weighted by Gasteiger charge is -2.35. The average molecular weight is 306 g/mol. The molecule has 1 N–H and O–H groups in total. The molecule has 0 atom stereocenters. The van der Waals surface area contributed by atoms with Gasteiger partial charge < -0.3 is 5.32 Å². The van der Waals surface area contributed by atoms with Crippen molar-refractivity contribution in [2.24, 2.45) is 0 Å². The molecule has 4 heteroatoms. The van der Waals surface area contributed by atoms with Crippen LogP contribution in [-0.2, 0) is 13.1 Å². The molecule has 1 fully saturated rings. The second kappa shape index (κ2) is 6.42. The van der Waals surface area contributed by atoms with E-state index in [9.17, 15) is 4.39 Å². The summed E-state index contributed by atoms with van der Waals surface area (Å²) in [6.07, 6.45) is 3.89. The second-order valence-electron chi connectivity index (χ2n) is 5.90. The predicted octanol–water partition coefficient (Wildman–Crippen LogP) is 4.13. The molecule has 21 heavy (non-hydrogen) atoms. The molecule has 3 rings (SSSR count). The normalized spacial score (nSPS) is 15.8. The van der Waals surface area contributed by atoms with E-state index in [1.165, 1.54) is 29.7 Å². The molecule has 0 spiro atoms. The van der Waals surface area contributed by atoms with E-state index >= 15 is 0 Å². The van der Waals surface area contributed by atoms with E-state index in [1.54, 1.807) is 17.4 Å². The molecule has 1 aromatic carbocycles. The van der Waals surface area contributed by atoms with Gasteiger partial charge in [0.15, 0.2) is 0 Å². The summed E-state index contributed by atoms with van der Waals surface area (Å²) in [6, 6.07) is 6.10. The molecule has 1 saturated carbocycles. The Morgan fingerprint density at radius 1 is 1.38 bits per heavy atom. The van der Waals surface area contributed by atoms with Crippen molar-refractivity contribution in [1.82, 2.24) is 10.2 Å². The molecule has 0 radical (unpaired) electrons. The predicted molar refractivity (Wildman–Crippen MR) is 88.3 cm³/mol. The molecule has 1 aliphatic rings. The molecular weight excluding hydrogens is 283 g/mol. The van der Waals surface area contributed by atoms with Gasteiger partial charge >= 0.3 is 0 Å². The van der Waals surface area contributed by atoms with E-state index in [-0.39, 0.29) is 5.82 Å². The minimum Gasteiger partial charge on any atom is -0.312 e. The molecule has 1 heterocycles. The van der Waals surface area contributed by atoms with E-state index < -0.39 is 0 Å². The van der Waals surface area contributed by atoms with Crippen molar-refractivity contribution in [2.45, 2.75) is 45.3 Å². The van der Waals surface area contributed by atoms with Gasteiger partial charge in [0.05, 0.1) is 0 Å². The molecule has 1 aliphatic carbocycles. The summed E-state index contributed by atoms with van der Waals surface area (Å²) in [5.74, 6) is -0.0801. The zero-order valence-electron chi connectivity index (χ0n) is 12.8.